The number of piperidine rings is 1. The molecule has 0 radical (unpaired) electrons. The van der Waals surface area contributed by atoms with Gasteiger partial charge in [-0.25, -0.2) is 4.98 Å². The van der Waals surface area contributed by atoms with Crippen molar-refractivity contribution in [2.24, 2.45) is 7.05 Å². The van der Waals surface area contributed by atoms with Gasteiger partial charge in [0.1, 0.15) is 5.82 Å². The largest absolute Gasteiger partial charge is 0.316 e. The minimum atomic E-state index is 0.573. The number of hydrogen-bond acceptors (Lipinski definition) is 3. The minimum Gasteiger partial charge on any atom is -0.316 e. The zero-order valence-electron chi connectivity index (χ0n) is 9.24. The van der Waals surface area contributed by atoms with Crippen molar-refractivity contribution in [2.75, 3.05) is 13.1 Å². The second-order valence-electron chi connectivity index (χ2n) is 4.77. The van der Waals surface area contributed by atoms with Crippen LogP contribution in [-0.4, -0.2) is 27.9 Å². The predicted molar refractivity (Wildman–Crippen MR) is 57.8 cm³/mol. The number of rotatable bonds is 2. The lowest BCUT2D eigenvalue weighted by atomic mass is 9.99. The Balaban J connectivity index is 1.82. The Morgan fingerprint density at radius 2 is 2.13 bits per heavy atom. The molecule has 2 aliphatic rings. The van der Waals surface area contributed by atoms with E-state index in [2.05, 4.69) is 10.4 Å². The molecule has 0 amide bonds. The summed E-state index contributed by atoms with van der Waals surface area (Å²) in [5.74, 6) is 3.51. The van der Waals surface area contributed by atoms with Crippen molar-refractivity contribution in [3.8, 4) is 0 Å². The van der Waals surface area contributed by atoms with E-state index >= 15 is 0 Å². The molecule has 4 heteroatoms. The Hall–Kier alpha value is -0.900. The van der Waals surface area contributed by atoms with E-state index in [0.717, 1.165) is 18.9 Å². The first-order valence-corrected chi connectivity index (χ1v) is 5.96. The topological polar surface area (TPSA) is 42.7 Å². The summed E-state index contributed by atoms with van der Waals surface area (Å²) in [5, 5.41) is 7.96. The fourth-order valence-electron chi connectivity index (χ4n) is 2.36. The maximum Gasteiger partial charge on any atom is 0.154 e. The minimum absolute atomic E-state index is 0.573. The average molecular weight is 206 g/mol. The van der Waals surface area contributed by atoms with Gasteiger partial charge in [0.05, 0.1) is 0 Å². The third kappa shape index (κ3) is 1.78. The first kappa shape index (κ1) is 9.33. The van der Waals surface area contributed by atoms with Crippen LogP contribution in [-0.2, 0) is 7.05 Å². The summed E-state index contributed by atoms with van der Waals surface area (Å²) in [6.45, 7) is 2.22. The molecule has 1 aromatic heterocycles. The molecule has 1 aliphatic carbocycles. The van der Waals surface area contributed by atoms with Crippen LogP contribution in [0.4, 0.5) is 0 Å². The van der Waals surface area contributed by atoms with Gasteiger partial charge >= 0.3 is 0 Å². The third-order valence-electron chi connectivity index (χ3n) is 3.42. The maximum absolute atomic E-state index is 4.71. The molecule has 0 bridgehead atoms. The van der Waals surface area contributed by atoms with Gasteiger partial charge in [-0.1, -0.05) is 0 Å². The molecule has 2 fully saturated rings. The molecule has 1 unspecified atom stereocenters. The molecule has 4 nitrogen and oxygen atoms in total. The molecule has 2 heterocycles. The van der Waals surface area contributed by atoms with Crippen molar-refractivity contribution in [1.82, 2.24) is 20.1 Å². The van der Waals surface area contributed by atoms with Gasteiger partial charge in [-0.15, -0.1) is 0 Å². The normalized spacial score (nSPS) is 26.9. The van der Waals surface area contributed by atoms with E-state index < -0.39 is 0 Å². The molecule has 1 saturated heterocycles. The highest BCUT2D eigenvalue weighted by Crippen LogP contribution is 2.38. The van der Waals surface area contributed by atoms with Gasteiger partial charge in [0.15, 0.2) is 5.82 Å². The Labute approximate surface area is 90.1 Å². The maximum atomic E-state index is 4.71. The summed E-state index contributed by atoms with van der Waals surface area (Å²) in [6, 6.07) is 0. The summed E-state index contributed by atoms with van der Waals surface area (Å²) >= 11 is 0. The molecule has 15 heavy (non-hydrogen) atoms. The molecule has 82 valence electrons. The van der Waals surface area contributed by atoms with E-state index in [1.807, 2.05) is 11.7 Å². The third-order valence-corrected chi connectivity index (χ3v) is 3.42. The van der Waals surface area contributed by atoms with Crippen LogP contribution in [0.15, 0.2) is 0 Å². The van der Waals surface area contributed by atoms with Crippen LogP contribution in [0.1, 0.15) is 49.2 Å². The molecule has 0 spiro atoms. The highest BCUT2D eigenvalue weighted by molar-refractivity contribution is 5.09. The Bertz CT molecular complexity index is 347. The summed E-state index contributed by atoms with van der Waals surface area (Å²) in [4.78, 5) is 4.71. The molecule has 0 aromatic carbocycles. The van der Waals surface area contributed by atoms with Gasteiger partial charge in [0, 0.05) is 25.4 Å². The Morgan fingerprint density at radius 3 is 2.80 bits per heavy atom. The van der Waals surface area contributed by atoms with Crippen molar-refractivity contribution in [3.05, 3.63) is 11.6 Å². The first-order chi connectivity index (χ1) is 7.34. The van der Waals surface area contributed by atoms with Crippen LogP contribution in [0.2, 0.25) is 0 Å². The molecule has 1 aromatic rings. The van der Waals surface area contributed by atoms with Gasteiger partial charge < -0.3 is 5.32 Å². The Morgan fingerprint density at radius 1 is 1.27 bits per heavy atom. The number of hydrogen-bond donors (Lipinski definition) is 1. The van der Waals surface area contributed by atoms with E-state index in [4.69, 9.17) is 4.98 Å². The quantitative estimate of drug-likeness (QED) is 0.789. The predicted octanol–water partition coefficient (Wildman–Crippen LogP) is 1.16. The van der Waals surface area contributed by atoms with E-state index in [1.54, 1.807) is 0 Å². The second kappa shape index (κ2) is 3.59. The molecule has 1 aliphatic heterocycles. The lowest BCUT2D eigenvalue weighted by molar-refractivity contribution is 0.434. The number of nitrogens with one attached hydrogen (secondary N) is 1. The van der Waals surface area contributed by atoms with Crippen LogP contribution in [0, 0.1) is 0 Å². The van der Waals surface area contributed by atoms with Gasteiger partial charge in [-0.2, -0.15) is 5.10 Å². The first-order valence-electron chi connectivity index (χ1n) is 5.96. The molecule has 3 rings (SSSR count). The van der Waals surface area contributed by atoms with E-state index in [1.165, 1.54) is 31.5 Å². The van der Waals surface area contributed by atoms with Gasteiger partial charge in [0.25, 0.3) is 0 Å². The van der Waals surface area contributed by atoms with Crippen LogP contribution in [0.25, 0.3) is 0 Å². The zero-order chi connectivity index (χ0) is 10.3. The van der Waals surface area contributed by atoms with Crippen LogP contribution >= 0.6 is 0 Å². The lowest BCUT2D eigenvalue weighted by Gasteiger charge is -2.21. The number of aromatic nitrogens is 3. The van der Waals surface area contributed by atoms with Crippen molar-refractivity contribution in [1.29, 1.82) is 0 Å². The molecule has 1 saturated carbocycles. The zero-order valence-corrected chi connectivity index (χ0v) is 9.24. The van der Waals surface area contributed by atoms with Crippen molar-refractivity contribution < 1.29 is 0 Å². The number of aryl methyl sites for hydroxylation is 1. The summed E-state index contributed by atoms with van der Waals surface area (Å²) in [6.07, 6.45) is 5.08. The smallest absolute Gasteiger partial charge is 0.154 e. The SMILES string of the molecule is Cn1nc(C2CC2)nc1C1CCCNC1. The molecule has 1 N–H and O–H groups in total. The van der Waals surface area contributed by atoms with Gasteiger partial charge in [0.2, 0.25) is 0 Å². The highest BCUT2D eigenvalue weighted by Gasteiger charge is 2.30. The van der Waals surface area contributed by atoms with Crippen molar-refractivity contribution in [2.45, 2.75) is 37.5 Å². The average Bonchev–Trinajstić information content (AvgIpc) is 3.04. The van der Waals surface area contributed by atoms with Gasteiger partial charge in [-0.3, -0.25) is 4.68 Å². The van der Waals surface area contributed by atoms with E-state index in [9.17, 15) is 0 Å². The van der Waals surface area contributed by atoms with Gasteiger partial charge in [-0.05, 0) is 32.2 Å². The van der Waals surface area contributed by atoms with Crippen molar-refractivity contribution in [3.63, 3.8) is 0 Å². The monoisotopic (exact) mass is 206 g/mol. The molecular formula is C11H18N4. The van der Waals surface area contributed by atoms with Crippen LogP contribution < -0.4 is 5.32 Å². The number of nitrogens with zero attached hydrogens (tertiary/aromatic N) is 3. The summed E-state index contributed by atoms with van der Waals surface area (Å²) in [5.41, 5.74) is 0. The van der Waals surface area contributed by atoms with E-state index in [-0.39, 0.29) is 0 Å². The fourth-order valence-corrected chi connectivity index (χ4v) is 2.36. The van der Waals surface area contributed by atoms with Crippen LogP contribution in [0.5, 0.6) is 0 Å². The fraction of sp³-hybridized carbons (Fsp3) is 0.818. The van der Waals surface area contributed by atoms with E-state index in [0.29, 0.717) is 11.8 Å². The highest BCUT2D eigenvalue weighted by atomic mass is 15.3. The second-order valence-corrected chi connectivity index (χ2v) is 4.77. The Kier molecular flexibility index (Phi) is 2.24. The molecular weight excluding hydrogens is 188 g/mol. The van der Waals surface area contributed by atoms with Crippen LogP contribution in [0.3, 0.4) is 0 Å². The summed E-state index contributed by atoms with van der Waals surface area (Å²) < 4.78 is 1.99. The summed E-state index contributed by atoms with van der Waals surface area (Å²) in [7, 11) is 2.03. The lowest BCUT2D eigenvalue weighted by Crippen LogP contribution is -2.29. The standard InChI is InChI=1S/C11H18N4/c1-15-11(9-3-2-6-12-7-9)13-10(14-15)8-4-5-8/h8-9,12H,2-7H2,1H3. The molecule has 1 atom stereocenters. The van der Waals surface area contributed by atoms with Crippen molar-refractivity contribution >= 4 is 0 Å².